The van der Waals surface area contributed by atoms with Crippen LogP contribution in [-0.4, -0.2) is 74.3 Å². The molecule has 0 spiro atoms. The molecule has 3 aromatic rings. The number of aliphatic carboxylic acids is 1. The number of nitrogens with one attached hydrogen (secondary N) is 1. The Hall–Kier alpha value is -4.04. The number of carboxylic acids is 1. The molecule has 0 radical (unpaired) electrons. The van der Waals surface area contributed by atoms with Crippen LogP contribution in [0.15, 0.2) is 42.6 Å². The third-order valence-corrected chi connectivity index (χ3v) is 9.26. The van der Waals surface area contributed by atoms with Gasteiger partial charge in [-0.25, -0.2) is 9.29 Å². The first kappa shape index (κ1) is 34.3. The van der Waals surface area contributed by atoms with E-state index in [-0.39, 0.29) is 59.9 Å². The summed E-state index contributed by atoms with van der Waals surface area (Å²) in [4.78, 5) is 51.9. The van der Waals surface area contributed by atoms with E-state index in [1.54, 1.807) is 36.0 Å². The SMILES string of the molecule is Cn1cc(C(=O)Nc2cc(F)c(CC(=O)C(F)(N3CCCC3)N(C(=O)C(F)(F)F)C3CCC(C(=O)O)CC3)cc2Cl)c2ccccc21. The topological polar surface area (TPSA) is 112 Å². The fourth-order valence-electron chi connectivity index (χ4n) is 6.55. The standard InChI is InChI=1S/C32H32ClF5N4O5/c1-40-17-22(21-6-2-3-7-26(21)40)28(44)39-25-16-24(34)19(14-23(25)33)15-27(43)32(38,41-12-4-5-13-41)42(30(47)31(35,36)37)20-10-8-18(9-11-20)29(45)46/h2-3,6-7,14,16-18,20H,4-5,8-13,15H2,1H3,(H,39,44)(H,45,46). The Kier molecular flexibility index (Phi) is 9.65. The van der Waals surface area contributed by atoms with E-state index in [4.69, 9.17) is 11.6 Å². The molecule has 1 saturated carbocycles. The van der Waals surface area contributed by atoms with Crippen molar-refractivity contribution in [1.82, 2.24) is 14.4 Å². The number of hydrogen-bond acceptors (Lipinski definition) is 5. The van der Waals surface area contributed by atoms with Gasteiger partial charge in [-0.2, -0.15) is 17.6 Å². The number of carboxylic acid groups (broad SMARTS) is 1. The number of para-hydroxylation sites is 1. The average molecular weight is 683 g/mol. The summed E-state index contributed by atoms with van der Waals surface area (Å²) in [7, 11) is 1.75. The van der Waals surface area contributed by atoms with E-state index < -0.39 is 65.4 Å². The first-order valence-electron chi connectivity index (χ1n) is 15.1. The summed E-state index contributed by atoms with van der Waals surface area (Å²) in [6.45, 7) is -0.284. The highest BCUT2D eigenvalue weighted by atomic mass is 35.5. The molecule has 2 heterocycles. The lowest BCUT2D eigenvalue weighted by Gasteiger charge is -2.47. The normalized spacial score (nSPS) is 20.1. The average Bonchev–Trinajstić information content (AvgIpc) is 3.68. The number of likely N-dealkylation sites (tertiary alicyclic amines) is 1. The highest BCUT2D eigenvalue weighted by Crippen LogP contribution is 2.40. The highest BCUT2D eigenvalue weighted by molar-refractivity contribution is 6.34. The Morgan fingerprint density at radius 3 is 2.28 bits per heavy atom. The van der Waals surface area contributed by atoms with E-state index >= 15 is 8.78 Å². The molecule has 1 aliphatic heterocycles. The van der Waals surface area contributed by atoms with Crippen LogP contribution in [0.25, 0.3) is 10.9 Å². The predicted octanol–water partition coefficient (Wildman–Crippen LogP) is 6.09. The monoisotopic (exact) mass is 682 g/mol. The van der Waals surface area contributed by atoms with Crippen LogP contribution in [0.3, 0.4) is 0 Å². The Bertz CT molecular complexity index is 1720. The number of benzene rings is 2. The van der Waals surface area contributed by atoms with Gasteiger partial charge in [0.05, 0.1) is 22.2 Å². The van der Waals surface area contributed by atoms with Crippen LogP contribution in [0.1, 0.15) is 54.4 Å². The first-order chi connectivity index (χ1) is 22.1. The molecule has 2 aromatic carbocycles. The molecule has 9 nitrogen and oxygen atoms in total. The molecule has 2 N–H and O–H groups in total. The number of fused-ring (bicyclic) bond motifs is 1. The molecule has 2 fully saturated rings. The van der Waals surface area contributed by atoms with Crippen molar-refractivity contribution in [3.8, 4) is 0 Å². The molecule has 0 bridgehead atoms. The molecule has 1 saturated heterocycles. The number of nitrogens with zero attached hydrogens (tertiary/aromatic N) is 3. The number of Topliss-reactive ketones (excluding diaryl/α,β-unsaturated/α-hetero) is 1. The largest absolute Gasteiger partial charge is 0.481 e. The second kappa shape index (κ2) is 13.2. The Labute approximate surface area is 271 Å². The second-order valence-electron chi connectivity index (χ2n) is 11.9. The van der Waals surface area contributed by atoms with E-state index in [2.05, 4.69) is 5.32 Å². The number of anilines is 1. The summed E-state index contributed by atoms with van der Waals surface area (Å²) >= 11 is 6.35. The maximum Gasteiger partial charge on any atom is 0.471 e. The van der Waals surface area contributed by atoms with Crippen molar-refractivity contribution in [2.24, 2.45) is 13.0 Å². The van der Waals surface area contributed by atoms with Gasteiger partial charge in [-0.1, -0.05) is 29.8 Å². The lowest BCUT2D eigenvalue weighted by molar-refractivity contribution is -0.224. The van der Waals surface area contributed by atoms with E-state index in [1.165, 1.54) is 0 Å². The van der Waals surface area contributed by atoms with Crippen molar-refractivity contribution in [3.05, 3.63) is 64.6 Å². The molecule has 252 valence electrons. The zero-order chi connectivity index (χ0) is 34.3. The molecule has 2 amide bonds. The maximum absolute atomic E-state index is 17.3. The Morgan fingerprint density at radius 1 is 1.02 bits per heavy atom. The fraction of sp³-hybridized carbons (Fsp3) is 0.438. The van der Waals surface area contributed by atoms with Gasteiger partial charge in [-0.05, 0) is 62.3 Å². The molecule has 47 heavy (non-hydrogen) atoms. The number of halogens is 6. The fourth-order valence-corrected chi connectivity index (χ4v) is 6.79. The predicted molar refractivity (Wildman–Crippen MR) is 162 cm³/mol. The minimum absolute atomic E-state index is 0.100. The molecule has 2 aliphatic rings. The molecular formula is C32H32ClF5N4O5. The van der Waals surface area contributed by atoms with Gasteiger partial charge in [0.1, 0.15) is 5.82 Å². The summed E-state index contributed by atoms with van der Waals surface area (Å²) in [5, 5.41) is 12.3. The van der Waals surface area contributed by atoms with Gasteiger partial charge in [-0.3, -0.25) is 24.1 Å². The van der Waals surface area contributed by atoms with E-state index in [9.17, 15) is 37.5 Å². The first-order valence-corrected chi connectivity index (χ1v) is 15.4. The minimum atomic E-state index is -5.56. The zero-order valence-corrected chi connectivity index (χ0v) is 26.0. The number of ketones is 1. The number of hydrogen-bond donors (Lipinski definition) is 2. The van der Waals surface area contributed by atoms with Gasteiger partial charge < -0.3 is 15.0 Å². The molecule has 1 aromatic heterocycles. The van der Waals surface area contributed by atoms with Crippen LogP contribution in [0.2, 0.25) is 5.02 Å². The van der Waals surface area contributed by atoms with Crippen LogP contribution in [-0.2, 0) is 27.9 Å². The van der Waals surface area contributed by atoms with Gasteiger partial charge >= 0.3 is 24.0 Å². The second-order valence-corrected chi connectivity index (χ2v) is 12.4. The third kappa shape index (κ3) is 6.71. The molecule has 1 atom stereocenters. The molecular weight excluding hydrogens is 651 g/mol. The lowest BCUT2D eigenvalue weighted by atomic mass is 9.84. The summed E-state index contributed by atoms with van der Waals surface area (Å²) < 4.78 is 76.4. The van der Waals surface area contributed by atoms with E-state index in [0.717, 1.165) is 22.5 Å². The van der Waals surface area contributed by atoms with Crippen LogP contribution in [0.5, 0.6) is 0 Å². The minimum Gasteiger partial charge on any atom is -0.481 e. The lowest BCUT2D eigenvalue weighted by Crippen LogP contribution is -2.68. The number of aromatic nitrogens is 1. The summed E-state index contributed by atoms with van der Waals surface area (Å²) in [6.07, 6.45) is -5.17. The number of rotatable bonds is 9. The van der Waals surface area contributed by atoms with Crippen molar-refractivity contribution in [2.45, 2.75) is 63.1 Å². The number of aryl methyl sites for hydroxylation is 1. The van der Waals surface area contributed by atoms with Gasteiger partial charge in [0, 0.05) is 49.7 Å². The third-order valence-electron chi connectivity index (χ3n) is 8.95. The van der Waals surface area contributed by atoms with Gasteiger partial charge in [0.25, 0.3) is 5.91 Å². The number of carbonyl (C=O) groups is 4. The van der Waals surface area contributed by atoms with Crippen LogP contribution in [0.4, 0.5) is 27.6 Å². The quantitative estimate of drug-likeness (QED) is 0.209. The zero-order valence-electron chi connectivity index (χ0n) is 25.2. The highest BCUT2D eigenvalue weighted by Gasteiger charge is 2.60. The molecule has 1 unspecified atom stereocenters. The van der Waals surface area contributed by atoms with Crippen LogP contribution in [0, 0.1) is 11.7 Å². The summed E-state index contributed by atoms with van der Waals surface area (Å²) in [6, 6.07) is 7.46. The van der Waals surface area contributed by atoms with E-state index in [0.29, 0.717) is 18.2 Å². The molecule has 1 aliphatic carbocycles. The number of alkyl halides is 4. The van der Waals surface area contributed by atoms with Crippen molar-refractivity contribution < 1.29 is 46.2 Å². The van der Waals surface area contributed by atoms with Crippen molar-refractivity contribution in [3.63, 3.8) is 0 Å². The summed E-state index contributed by atoms with van der Waals surface area (Å²) in [5.41, 5.74) is 0.426. The van der Waals surface area contributed by atoms with Crippen molar-refractivity contribution in [2.75, 3.05) is 18.4 Å². The smallest absolute Gasteiger partial charge is 0.471 e. The van der Waals surface area contributed by atoms with Gasteiger partial charge in [0.15, 0.2) is 0 Å². The van der Waals surface area contributed by atoms with Crippen molar-refractivity contribution in [1.29, 1.82) is 0 Å². The van der Waals surface area contributed by atoms with Crippen LogP contribution >= 0.6 is 11.6 Å². The van der Waals surface area contributed by atoms with Crippen molar-refractivity contribution >= 4 is 51.8 Å². The number of amides is 2. The van der Waals surface area contributed by atoms with E-state index in [1.807, 2.05) is 6.07 Å². The van der Waals surface area contributed by atoms with Crippen LogP contribution < -0.4 is 5.32 Å². The van der Waals surface area contributed by atoms with Gasteiger partial charge in [0.2, 0.25) is 5.78 Å². The Balaban J connectivity index is 1.44. The number of carbonyl (C=O) groups excluding carboxylic acids is 3. The Morgan fingerprint density at radius 2 is 1.66 bits per heavy atom. The maximum atomic E-state index is 17.3. The van der Waals surface area contributed by atoms with Gasteiger partial charge in [-0.15, -0.1) is 0 Å². The summed E-state index contributed by atoms with van der Waals surface area (Å²) in [5.74, 6) is -11.4. The molecule has 15 heteroatoms. The molecule has 5 rings (SSSR count).